The predicted molar refractivity (Wildman–Crippen MR) is 85.8 cm³/mol. The first kappa shape index (κ1) is 17.7. The molecule has 1 rings (SSSR count). The number of nitrogens with two attached hydrogens (primary N) is 1. The van der Waals surface area contributed by atoms with E-state index in [9.17, 15) is 4.79 Å². The van der Waals surface area contributed by atoms with Crippen LogP contribution in [0.15, 0.2) is 12.4 Å². The summed E-state index contributed by atoms with van der Waals surface area (Å²) in [6, 6.07) is 0. The minimum Gasteiger partial charge on any atom is -0.356 e. The lowest BCUT2D eigenvalue weighted by atomic mass is 9.76. The molecule has 0 aliphatic carbocycles. The zero-order valence-electron chi connectivity index (χ0n) is 13.6. The largest absolute Gasteiger partial charge is 0.356 e. The number of nitrogens with one attached hydrogen (secondary N) is 2. The first-order valence-electron chi connectivity index (χ1n) is 7.88. The van der Waals surface area contributed by atoms with Crippen molar-refractivity contribution in [3.05, 3.63) is 18.2 Å². The van der Waals surface area contributed by atoms with Crippen LogP contribution in [0.25, 0.3) is 0 Å². The maximum atomic E-state index is 11.9. The number of H-pyrrole nitrogens is 1. The molecule has 5 nitrogen and oxygen atoms in total. The van der Waals surface area contributed by atoms with Crippen molar-refractivity contribution < 1.29 is 4.79 Å². The second-order valence-corrected chi connectivity index (χ2v) is 6.67. The molecule has 1 unspecified atom stereocenters. The Balaban J connectivity index is 2.17. The fraction of sp³-hybridized carbons (Fsp3) is 0.750. The second kappa shape index (κ2) is 8.82. The second-order valence-electron chi connectivity index (χ2n) is 6.67. The zero-order chi connectivity index (χ0) is 15.7. The van der Waals surface area contributed by atoms with Gasteiger partial charge in [-0.1, -0.05) is 20.8 Å². The first-order chi connectivity index (χ1) is 9.93. The van der Waals surface area contributed by atoms with E-state index in [1.54, 1.807) is 6.20 Å². The molecule has 1 heterocycles. The number of imidazole rings is 1. The summed E-state index contributed by atoms with van der Waals surface area (Å²) in [6.45, 7) is 8.04. The maximum Gasteiger partial charge on any atom is 0.220 e. The van der Waals surface area contributed by atoms with Crippen molar-refractivity contribution in [3.63, 3.8) is 0 Å². The van der Waals surface area contributed by atoms with Crippen molar-refractivity contribution in [3.8, 4) is 0 Å². The Bertz CT molecular complexity index is 395. The lowest BCUT2D eigenvalue weighted by Gasteiger charge is -2.30. The summed E-state index contributed by atoms with van der Waals surface area (Å²) in [5, 5.41) is 2.98. The van der Waals surface area contributed by atoms with Gasteiger partial charge in [-0.3, -0.25) is 4.79 Å². The molecule has 120 valence electrons. The Morgan fingerprint density at radius 2 is 2.19 bits per heavy atom. The summed E-state index contributed by atoms with van der Waals surface area (Å²) >= 11 is 0. The summed E-state index contributed by atoms with van der Waals surface area (Å²) < 4.78 is 0. The highest BCUT2D eigenvalue weighted by molar-refractivity contribution is 5.75. The molecule has 4 N–H and O–H groups in total. The van der Waals surface area contributed by atoms with E-state index in [-0.39, 0.29) is 11.3 Å². The highest BCUT2D eigenvalue weighted by Crippen LogP contribution is 2.31. The Labute approximate surface area is 128 Å². The normalized spacial score (nSPS) is 13.1. The Kier molecular flexibility index (Phi) is 7.43. The van der Waals surface area contributed by atoms with Gasteiger partial charge in [0.1, 0.15) is 5.82 Å². The van der Waals surface area contributed by atoms with Crippen LogP contribution in [0.1, 0.15) is 52.3 Å². The van der Waals surface area contributed by atoms with E-state index in [2.05, 4.69) is 36.1 Å². The van der Waals surface area contributed by atoms with Gasteiger partial charge < -0.3 is 16.0 Å². The molecule has 5 heteroatoms. The zero-order valence-corrected chi connectivity index (χ0v) is 13.6. The molecule has 0 aliphatic rings. The molecule has 0 bridgehead atoms. The van der Waals surface area contributed by atoms with E-state index in [0.717, 1.165) is 31.5 Å². The fourth-order valence-electron chi connectivity index (χ4n) is 2.52. The van der Waals surface area contributed by atoms with Gasteiger partial charge in [-0.25, -0.2) is 4.98 Å². The Morgan fingerprint density at radius 1 is 1.43 bits per heavy atom. The molecule has 0 aromatic carbocycles. The van der Waals surface area contributed by atoms with Gasteiger partial charge in [-0.15, -0.1) is 0 Å². The Morgan fingerprint density at radius 3 is 2.76 bits per heavy atom. The third-order valence-corrected chi connectivity index (χ3v) is 3.93. The van der Waals surface area contributed by atoms with E-state index in [0.29, 0.717) is 25.4 Å². The van der Waals surface area contributed by atoms with Gasteiger partial charge >= 0.3 is 0 Å². The molecule has 0 fully saturated rings. The summed E-state index contributed by atoms with van der Waals surface area (Å²) in [4.78, 5) is 19.1. The predicted octanol–water partition coefficient (Wildman–Crippen LogP) is 2.25. The van der Waals surface area contributed by atoms with E-state index in [1.807, 2.05) is 6.20 Å². The minimum absolute atomic E-state index is 0.140. The molecule has 1 aromatic heterocycles. The number of aryl methyl sites for hydroxylation is 1. The molecular weight excluding hydrogens is 264 g/mol. The summed E-state index contributed by atoms with van der Waals surface area (Å²) in [5.74, 6) is 1.61. The Hall–Kier alpha value is -1.36. The van der Waals surface area contributed by atoms with Crippen LogP contribution in [-0.4, -0.2) is 29.0 Å². The summed E-state index contributed by atoms with van der Waals surface area (Å²) in [5.41, 5.74) is 5.87. The fourth-order valence-corrected chi connectivity index (χ4v) is 2.52. The number of carbonyl (C=O) groups excluding carboxylic acids is 1. The molecule has 0 aliphatic heterocycles. The molecule has 1 atom stereocenters. The van der Waals surface area contributed by atoms with Crippen LogP contribution in [0.3, 0.4) is 0 Å². The smallest absolute Gasteiger partial charge is 0.220 e. The number of hydrogen-bond acceptors (Lipinski definition) is 3. The van der Waals surface area contributed by atoms with Crippen LogP contribution in [-0.2, 0) is 11.2 Å². The van der Waals surface area contributed by atoms with Gasteiger partial charge in [0.25, 0.3) is 0 Å². The molecule has 1 aromatic rings. The quantitative estimate of drug-likeness (QED) is 0.611. The average Bonchev–Trinajstić information content (AvgIpc) is 2.91. The highest BCUT2D eigenvalue weighted by Gasteiger charge is 2.24. The van der Waals surface area contributed by atoms with E-state index < -0.39 is 0 Å². The van der Waals surface area contributed by atoms with Crippen molar-refractivity contribution in [2.24, 2.45) is 17.1 Å². The molecule has 0 saturated carbocycles. The standard InChI is InChI=1S/C16H30N4O/c1-16(2,3)13(8-9-17)6-7-15(21)20-10-4-5-14-18-11-12-19-14/h11-13H,4-10,17H2,1-3H3,(H,18,19)(H,20,21). The lowest BCUT2D eigenvalue weighted by Crippen LogP contribution is -2.28. The third-order valence-electron chi connectivity index (χ3n) is 3.93. The SMILES string of the molecule is CC(C)(C)C(CCN)CCC(=O)NCCCc1ncc[nH]1. The number of aromatic nitrogens is 2. The number of carbonyl (C=O) groups is 1. The molecule has 1 amide bonds. The summed E-state index contributed by atoms with van der Waals surface area (Å²) in [7, 11) is 0. The van der Waals surface area contributed by atoms with Crippen LogP contribution in [0, 0.1) is 11.3 Å². The number of hydrogen-bond donors (Lipinski definition) is 3. The van der Waals surface area contributed by atoms with Crippen molar-refractivity contribution in [1.29, 1.82) is 0 Å². The van der Waals surface area contributed by atoms with Crippen LogP contribution < -0.4 is 11.1 Å². The van der Waals surface area contributed by atoms with Crippen molar-refractivity contribution in [2.45, 2.75) is 52.9 Å². The minimum atomic E-state index is 0.140. The van der Waals surface area contributed by atoms with Crippen molar-refractivity contribution in [1.82, 2.24) is 15.3 Å². The van der Waals surface area contributed by atoms with Gasteiger partial charge in [0.15, 0.2) is 0 Å². The van der Waals surface area contributed by atoms with Gasteiger partial charge in [0.2, 0.25) is 5.91 Å². The number of rotatable bonds is 9. The van der Waals surface area contributed by atoms with Gasteiger partial charge in [0, 0.05) is 31.8 Å². The monoisotopic (exact) mass is 294 g/mol. The first-order valence-corrected chi connectivity index (χ1v) is 7.88. The van der Waals surface area contributed by atoms with Crippen LogP contribution >= 0.6 is 0 Å². The number of aromatic amines is 1. The van der Waals surface area contributed by atoms with Crippen molar-refractivity contribution in [2.75, 3.05) is 13.1 Å². The van der Waals surface area contributed by atoms with Crippen LogP contribution in [0.5, 0.6) is 0 Å². The van der Waals surface area contributed by atoms with E-state index in [4.69, 9.17) is 5.73 Å². The van der Waals surface area contributed by atoms with Gasteiger partial charge in [-0.05, 0) is 37.1 Å². The molecule has 0 radical (unpaired) electrons. The highest BCUT2D eigenvalue weighted by atomic mass is 16.1. The molecular formula is C16H30N4O. The molecule has 0 spiro atoms. The number of amides is 1. The lowest BCUT2D eigenvalue weighted by molar-refractivity contribution is -0.121. The van der Waals surface area contributed by atoms with Crippen LogP contribution in [0.2, 0.25) is 0 Å². The van der Waals surface area contributed by atoms with Gasteiger partial charge in [0.05, 0.1) is 0 Å². The van der Waals surface area contributed by atoms with E-state index >= 15 is 0 Å². The topological polar surface area (TPSA) is 83.8 Å². The molecule has 21 heavy (non-hydrogen) atoms. The molecule has 0 saturated heterocycles. The van der Waals surface area contributed by atoms with Crippen molar-refractivity contribution >= 4 is 5.91 Å². The maximum absolute atomic E-state index is 11.9. The average molecular weight is 294 g/mol. The van der Waals surface area contributed by atoms with Gasteiger partial charge in [-0.2, -0.15) is 0 Å². The van der Waals surface area contributed by atoms with Crippen LogP contribution in [0.4, 0.5) is 0 Å². The number of nitrogens with zero attached hydrogens (tertiary/aromatic N) is 1. The van der Waals surface area contributed by atoms with E-state index in [1.165, 1.54) is 0 Å². The third kappa shape index (κ3) is 7.27. The summed E-state index contributed by atoms with van der Waals surface area (Å²) in [6.07, 6.45) is 7.81.